The van der Waals surface area contributed by atoms with Crippen LogP contribution in [0.2, 0.25) is 0 Å². The first-order valence-corrected chi connectivity index (χ1v) is 9.99. The van der Waals surface area contributed by atoms with Gasteiger partial charge in [0.1, 0.15) is 11.6 Å². The lowest BCUT2D eigenvalue weighted by Gasteiger charge is -2.11. The first-order chi connectivity index (χ1) is 14.2. The molecule has 0 saturated heterocycles. The molecule has 29 heavy (non-hydrogen) atoms. The molecule has 0 fully saturated rings. The Morgan fingerprint density at radius 1 is 1.10 bits per heavy atom. The molecule has 150 valence electrons. The van der Waals surface area contributed by atoms with Crippen LogP contribution in [0.15, 0.2) is 47.3 Å². The second kappa shape index (κ2) is 8.47. The molecule has 0 atom stereocenters. The van der Waals surface area contributed by atoms with Gasteiger partial charge in [-0.3, -0.25) is 9.36 Å². The number of aromatic nitrogens is 2. The second-order valence-corrected chi connectivity index (χ2v) is 7.26. The maximum Gasteiger partial charge on any atom is 0.338 e. The summed E-state index contributed by atoms with van der Waals surface area (Å²) in [6.45, 7) is 0.996. The summed E-state index contributed by atoms with van der Waals surface area (Å²) in [5.41, 5.74) is 2.02. The van der Waals surface area contributed by atoms with E-state index in [4.69, 9.17) is 9.47 Å². The highest BCUT2D eigenvalue weighted by atomic mass is 16.5. The van der Waals surface area contributed by atoms with E-state index >= 15 is 0 Å². The normalized spacial score (nSPS) is 13.6. The van der Waals surface area contributed by atoms with Crippen molar-refractivity contribution in [3.05, 3.63) is 69.8 Å². The van der Waals surface area contributed by atoms with Crippen molar-refractivity contribution < 1.29 is 14.3 Å². The van der Waals surface area contributed by atoms with Gasteiger partial charge in [0.05, 0.1) is 30.2 Å². The summed E-state index contributed by atoms with van der Waals surface area (Å²) >= 11 is 0. The number of hydrogen-bond donors (Lipinski definition) is 0. The summed E-state index contributed by atoms with van der Waals surface area (Å²) < 4.78 is 12.3. The molecule has 0 spiro atoms. The van der Waals surface area contributed by atoms with Crippen LogP contribution in [0, 0.1) is 0 Å². The first-order valence-electron chi connectivity index (χ1n) is 9.99. The van der Waals surface area contributed by atoms with E-state index in [2.05, 4.69) is 4.98 Å². The van der Waals surface area contributed by atoms with Gasteiger partial charge >= 0.3 is 5.97 Å². The van der Waals surface area contributed by atoms with Gasteiger partial charge in [-0.25, -0.2) is 9.78 Å². The molecule has 0 amide bonds. The van der Waals surface area contributed by atoms with E-state index < -0.39 is 5.97 Å². The predicted molar refractivity (Wildman–Crippen MR) is 111 cm³/mol. The first kappa shape index (κ1) is 19.2. The van der Waals surface area contributed by atoms with Crippen molar-refractivity contribution in [1.29, 1.82) is 0 Å². The van der Waals surface area contributed by atoms with Gasteiger partial charge in [-0.05, 0) is 48.7 Å². The van der Waals surface area contributed by atoms with E-state index in [1.807, 2.05) is 24.3 Å². The average molecular weight is 392 g/mol. The molecule has 4 rings (SSSR count). The smallest absolute Gasteiger partial charge is 0.338 e. The molecule has 0 radical (unpaired) electrons. The molecule has 0 N–H and O–H groups in total. The Morgan fingerprint density at radius 2 is 1.93 bits per heavy atom. The molecule has 1 aromatic heterocycles. The lowest BCUT2D eigenvalue weighted by Crippen LogP contribution is -2.24. The highest BCUT2D eigenvalue weighted by Crippen LogP contribution is 2.17. The summed E-state index contributed by atoms with van der Waals surface area (Å²) in [6.07, 6.45) is 4.55. The van der Waals surface area contributed by atoms with E-state index in [1.54, 1.807) is 29.9 Å². The van der Waals surface area contributed by atoms with Crippen LogP contribution >= 0.6 is 0 Å². The van der Waals surface area contributed by atoms with Crippen LogP contribution < -0.4 is 10.3 Å². The number of benzene rings is 2. The molecule has 0 bridgehead atoms. The third kappa shape index (κ3) is 4.16. The lowest BCUT2D eigenvalue weighted by molar-refractivity contribution is 0.0509. The van der Waals surface area contributed by atoms with Gasteiger partial charge in [0.15, 0.2) is 0 Å². The van der Waals surface area contributed by atoms with Crippen LogP contribution in [-0.2, 0) is 24.1 Å². The van der Waals surface area contributed by atoms with Gasteiger partial charge in [0.25, 0.3) is 5.56 Å². The number of aryl methyl sites for hydroxylation is 1. The molecule has 3 aromatic rings. The SMILES string of the molecule is COc1ccc(CCOC(=O)c2ccc3c(=O)n4c(nc3c2)CCCCC4)cc1. The minimum atomic E-state index is -0.405. The number of nitrogens with zero attached hydrogens (tertiary/aromatic N) is 2. The van der Waals surface area contributed by atoms with Crippen molar-refractivity contribution in [1.82, 2.24) is 9.55 Å². The van der Waals surface area contributed by atoms with Gasteiger partial charge in [0.2, 0.25) is 0 Å². The minimum Gasteiger partial charge on any atom is -0.497 e. The highest BCUT2D eigenvalue weighted by molar-refractivity contribution is 5.94. The standard InChI is InChI=1S/C23H24N2O4/c1-28-18-9-6-16(7-10-18)12-14-29-23(27)17-8-11-19-20(15-17)24-21-5-3-2-4-13-25(21)22(19)26/h6-11,15H,2-5,12-14H2,1H3. The Hall–Kier alpha value is -3.15. The van der Waals surface area contributed by atoms with Gasteiger partial charge in [-0.2, -0.15) is 0 Å². The Balaban J connectivity index is 1.48. The summed E-state index contributed by atoms with van der Waals surface area (Å²) in [7, 11) is 1.63. The van der Waals surface area contributed by atoms with Gasteiger partial charge in [0, 0.05) is 19.4 Å². The van der Waals surface area contributed by atoms with Crippen molar-refractivity contribution in [2.75, 3.05) is 13.7 Å². The van der Waals surface area contributed by atoms with Crippen LogP contribution in [0.1, 0.15) is 41.0 Å². The third-order valence-corrected chi connectivity index (χ3v) is 5.34. The van der Waals surface area contributed by atoms with E-state index in [0.29, 0.717) is 29.4 Å². The predicted octanol–water partition coefficient (Wildman–Crippen LogP) is 3.53. The number of esters is 1. The number of fused-ring (bicyclic) bond motifs is 2. The fraction of sp³-hybridized carbons (Fsp3) is 0.348. The minimum absolute atomic E-state index is 0.0219. The quantitative estimate of drug-likeness (QED) is 0.621. The number of ether oxygens (including phenoxy) is 2. The van der Waals surface area contributed by atoms with Gasteiger partial charge in [-0.15, -0.1) is 0 Å². The Labute approximate surface area is 169 Å². The molecular weight excluding hydrogens is 368 g/mol. The number of carbonyl (C=O) groups excluding carboxylic acids is 1. The molecule has 6 heteroatoms. The van der Waals surface area contributed by atoms with Crippen LogP contribution in [-0.4, -0.2) is 29.2 Å². The van der Waals surface area contributed by atoms with Crippen LogP contribution in [0.25, 0.3) is 10.9 Å². The number of methoxy groups -OCH3 is 1. The molecule has 0 aliphatic carbocycles. The second-order valence-electron chi connectivity index (χ2n) is 7.26. The Bertz CT molecular complexity index is 1090. The van der Waals surface area contributed by atoms with Crippen molar-refractivity contribution >= 4 is 16.9 Å². The summed E-state index contributed by atoms with van der Waals surface area (Å²) in [6, 6.07) is 12.7. The maximum atomic E-state index is 12.8. The molecule has 1 aliphatic heterocycles. The third-order valence-electron chi connectivity index (χ3n) is 5.34. The van der Waals surface area contributed by atoms with Crippen molar-refractivity contribution in [3.63, 3.8) is 0 Å². The van der Waals surface area contributed by atoms with E-state index in [-0.39, 0.29) is 12.2 Å². The fourth-order valence-corrected chi connectivity index (χ4v) is 3.68. The number of hydrogen-bond acceptors (Lipinski definition) is 5. The molecule has 6 nitrogen and oxygen atoms in total. The van der Waals surface area contributed by atoms with Gasteiger partial charge in [-0.1, -0.05) is 18.6 Å². The monoisotopic (exact) mass is 392 g/mol. The van der Waals surface area contributed by atoms with Crippen LogP contribution in [0.4, 0.5) is 0 Å². The molecule has 2 heterocycles. The highest BCUT2D eigenvalue weighted by Gasteiger charge is 2.15. The zero-order valence-corrected chi connectivity index (χ0v) is 16.5. The Kier molecular flexibility index (Phi) is 5.60. The molecule has 2 aromatic carbocycles. The molecule has 0 saturated carbocycles. The molecular formula is C23H24N2O4. The van der Waals surface area contributed by atoms with E-state index in [9.17, 15) is 9.59 Å². The largest absolute Gasteiger partial charge is 0.497 e. The Morgan fingerprint density at radius 3 is 2.72 bits per heavy atom. The lowest BCUT2D eigenvalue weighted by atomic mass is 10.1. The zero-order chi connectivity index (χ0) is 20.2. The van der Waals surface area contributed by atoms with Crippen LogP contribution in [0.3, 0.4) is 0 Å². The zero-order valence-electron chi connectivity index (χ0n) is 16.5. The summed E-state index contributed by atoms with van der Waals surface area (Å²) in [5, 5.41) is 0.547. The summed E-state index contributed by atoms with van der Waals surface area (Å²) in [5.74, 6) is 1.20. The molecule has 0 unspecified atom stereocenters. The topological polar surface area (TPSA) is 70.4 Å². The van der Waals surface area contributed by atoms with Crippen LogP contribution in [0.5, 0.6) is 5.75 Å². The maximum absolute atomic E-state index is 12.8. The fourth-order valence-electron chi connectivity index (χ4n) is 3.68. The van der Waals surface area contributed by atoms with Crippen molar-refractivity contribution in [2.45, 2.75) is 38.6 Å². The van der Waals surface area contributed by atoms with E-state index in [1.165, 1.54) is 0 Å². The van der Waals surface area contributed by atoms with Gasteiger partial charge < -0.3 is 9.47 Å². The number of carbonyl (C=O) groups is 1. The molecule has 1 aliphatic rings. The van der Waals surface area contributed by atoms with Crippen molar-refractivity contribution in [2.24, 2.45) is 0 Å². The summed E-state index contributed by atoms with van der Waals surface area (Å²) in [4.78, 5) is 29.9. The van der Waals surface area contributed by atoms with Crippen molar-refractivity contribution in [3.8, 4) is 5.75 Å². The number of rotatable bonds is 5. The van der Waals surface area contributed by atoms with E-state index in [0.717, 1.165) is 42.8 Å². The average Bonchev–Trinajstić information content (AvgIpc) is 2.99.